The second-order valence-electron chi connectivity index (χ2n) is 6.78. The number of hydrogen-bond acceptors (Lipinski definition) is 1. The highest BCUT2D eigenvalue weighted by Crippen LogP contribution is 2.47. The molecule has 0 radical (unpaired) electrons. The molecule has 1 aliphatic heterocycles. The van der Waals surface area contributed by atoms with Crippen LogP contribution in [0, 0.1) is 0 Å². The lowest BCUT2D eigenvalue weighted by Gasteiger charge is -2.30. The largest absolute Gasteiger partial charge is 0.378 e. The van der Waals surface area contributed by atoms with Gasteiger partial charge in [0, 0.05) is 11.5 Å². The molecule has 3 rings (SSSR count). The summed E-state index contributed by atoms with van der Waals surface area (Å²) in [7, 11) is 0. The average Bonchev–Trinajstić information content (AvgIpc) is 2.59. The van der Waals surface area contributed by atoms with E-state index in [4.69, 9.17) is 4.74 Å². The third kappa shape index (κ3) is 3.52. The second kappa shape index (κ2) is 6.94. The standard InChI is InChI=1S/C20H22F4O/c1-2-4-17-11-10-16(13-25-17)14-6-8-15(9-7-14)18-5-3-12-19(21,22)20(18,23)24/h3,5-9,12,16-17H,2,4,10-11,13H2,1H3. The van der Waals surface area contributed by atoms with Crippen LogP contribution in [0.2, 0.25) is 0 Å². The zero-order valence-corrected chi connectivity index (χ0v) is 14.2. The summed E-state index contributed by atoms with van der Waals surface area (Å²) in [6, 6.07) is 6.50. The van der Waals surface area contributed by atoms with Crippen molar-refractivity contribution < 1.29 is 22.3 Å². The molecule has 0 aromatic heterocycles. The van der Waals surface area contributed by atoms with E-state index in [0.29, 0.717) is 12.7 Å². The molecule has 136 valence electrons. The Bertz CT molecular complexity index is 653. The average molecular weight is 354 g/mol. The third-order valence-electron chi connectivity index (χ3n) is 5.00. The molecule has 0 spiro atoms. The van der Waals surface area contributed by atoms with Gasteiger partial charge < -0.3 is 4.74 Å². The third-order valence-corrected chi connectivity index (χ3v) is 5.00. The molecular weight excluding hydrogens is 332 g/mol. The van der Waals surface area contributed by atoms with E-state index in [9.17, 15) is 17.6 Å². The Labute approximate surface area is 145 Å². The van der Waals surface area contributed by atoms with Crippen molar-refractivity contribution in [2.75, 3.05) is 6.61 Å². The minimum atomic E-state index is -4.20. The predicted octanol–water partition coefficient (Wildman–Crippen LogP) is 5.97. The van der Waals surface area contributed by atoms with Crippen LogP contribution in [0.5, 0.6) is 0 Å². The summed E-state index contributed by atoms with van der Waals surface area (Å²) in [5.41, 5.74) is 0.480. The van der Waals surface area contributed by atoms with Crippen molar-refractivity contribution in [2.45, 2.75) is 56.5 Å². The summed E-state index contributed by atoms with van der Waals surface area (Å²) in [6.07, 6.45) is 6.72. The quantitative estimate of drug-likeness (QED) is 0.605. The second-order valence-corrected chi connectivity index (χ2v) is 6.78. The molecule has 1 fully saturated rings. The van der Waals surface area contributed by atoms with E-state index in [-0.39, 0.29) is 17.6 Å². The van der Waals surface area contributed by atoms with Gasteiger partial charge in [-0.2, -0.15) is 17.6 Å². The maximum Gasteiger partial charge on any atom is 0.339 e. The fourth-order valence-electron chi connectivity index (χ4n) is 3.48. The molecule has 1 aromatic carbocycles. The van der Waals surface area contributed by atoms with Crippen LogP contribution in [0.4, 0.5) is 17.6 Å². The van der Waals surface area contributed by atoms with Gasteiger partial charge in [0.15, 0.2) is 0 Å². The first kappa shape index (κ1) is 18.2. The van der Waals surface area contributed by atoms with Crippen LogP contribution >= 0.6 is 0 Å². The minimum Gasteiger partial charge on any atom is -0.378 e. The van der Waals surface area contributed by atoms with Crippen LogP contribution in [0.1, 0.15) is 49.7 Å². The van der Waals surface area contributed by atoms with Gasteiger partial charge in [0.2, 0.25) is 0 Å². The fourth-order valence-corrected chi connectivity index (χ4v) is 3.48. The number of hydrogen-bond donors (Lipinski definition) is 0. The van der Waals surface area contributed by atoms with Gasteiger partial charge in [0.05, 0.1) is 12.7 Å². The smallest absolute Gasteiger partial charge is 0.339 e. The van der Waals surface area contributed by atoms with Crippen molar-refractivity contribution in [3.8, 4) is 0 Å². The maximum absolute atomic E-state index is 14.0. The van der Waals surface area contributed by atoms with Gasteiger partial charge in [-0.15, -0.1) is 0 Å². The van der Waals surface area contributed by atoms with Gasteiger partial charge in [-0.3, -0.25) is 0 Å². The highest BCUT2D eigenvalue weighted by atomic mass is 19.3. The normalized spacial score (nSPS) is 27.8. The van der Waals surface area contributed by atoms with Crippen molar-refractivity contribution in [3.63, 3.8) is 0 Å². The van der Waals surface area contributed by atoms with Crippen LogP contribution in [0.15, 0.2) is 42.5 Å². The molecular formula is C20H22F4O. The van der Waals surface area contributed by atoms with Crippen molar-refractivity contribution in [1.82, 2.24) is 0 Å². The highest BCUT2D eigenvalue weighted by Gasteiger charge is 2.58. The summed E-state index contributed by atoms with van der Waals surface area (Å²) in [6.45, 7) is 2.74. The summed E-state index contributed by atoms with van der Waals surface area (Å²) in [5, 5.41) is 0. The molecule has 0 saturated carbocycles. The first-order valence-corrected chi connectivity index (χ1v) is 8.72. The van der Waals surface area contributed by atoms with E-state index in [2.05, 4.69) is 6.92 Å². The summed E-state index contributed by atoms with van der Waals surface area (Å²) in [5.74, 6) is -8.14. The van der Waals surface area contributed by atoms with Crippen LogP contribution < -0.4 is 0 Å². The Morgan fingerprint density at radius 2 is 1.80 bits per heavy atom. The van der Waals surface area contributed by atoms with Gasteiger partial charge in [-0.25, -0.2) is 0 Å². The molecule has 5 heteroatoms. The summed E-state index contributed by atoms with van der Waals surface area (Å²) >= 11 is 0. The van der Waals surface area contributed by atoms with E-state index < -0.39 is 17.4 Å². The number of allylic oxidation sites excluding steroid dienone is 4. The molecule has 2 unspecified atom stereocenters. The zero-order chi connectivity index (χ0) is 18.1. The Kier molecular flexibility index (Phi) is 5.05. The molecule has 25 heavy (non-hydrogen) atoms. The van der Waals surface area contributed by atoms with E-state index in [1.165, 1.54) is 12.1 Å². The van der Waals surface area contributed by atoms with Crippen LogP contribution in [-0.4, -0.2) is 24.6 Å². The van der Waals surface area contributed by atoms with Gasteiger partial charge in [-0.1, -0.05) is 49.8 Å². The molecule has 0 amide bonds. The molecule has 1 aliphatic carbocycles. The van der Waals surface area contributed by atoms with E-state index in [1.807, 2.05) is 0 Å². The van der Waals surface area contributed by atoms with E-state index in [1.54, 1.807) is 12.1 Å². The van der Waals surface area contributed by atoms with Gasteiger partial charge >= 0.3 is 11.8 Å². The first-order valence-electron chi connectivity index (χ1n) is 8.72. The van der Waals surface area contributed by atoms with E-state index in [0.717, 1.165) is 43.4 Å². The van der Waals surface area contributed by atoms with Gasteiger partial charge in [0.1, 0.15) is 0 Å². The van der Waals surface area contributed by atoms with Crippen LogP contribution in [-0.2, 0) is 4.74 Å². The molecule has 0 bridgehead atoms. The molecule has 1 aromatic rings. The maximum atomic E-state index is 14.0. The van der Waals surface area contributed by atoms with Crippen molar-refractivity contribution >= 4 is 5.57 Å². The molecule has 1 saturated heterocycles. The van der Waals surface area contributed by atoms with Crippen molar-refractivity contribution in [3.05, 3.63) is 53.6 Å². The highest BCUT2D eigenvalue weighted by molar-refractivity contribution is 5.75. The molecule has 2 aliphatic rings. The zero-order valence-electron chi connectivity index (χ0n) is 14.2. The fraction of sp³-hybridized carbons (Fsp3) is 0.500. The number of alkyl halides is 4. The Hall–Kier alpha value is -1.62. The molecule has 0 N–H and O–H groups in total. The Balaban J connectivity index is 1.73. The van der Waals surface area contributed by atoms with Gasteiger partial charge in [-0.05, 0) is 36.5 Å². The number of benzene rings is 1. The molecule has 1 heterocycles. The summed E-state index contributed by atoms with van der Waals surface area (Å²) in [4.78, 5) is 0. The minimum absolute atomic E-state index is 0.123. The van der Waals surface area contributed by atoms with E-state index >= 15 is 0 Å². The van der Waals surface area contributed by atoms with Crippen LogP contribution in [0.3, 0.4) is 0 Å². The Morgan fingerprint density at radius 3 is 2.40 bits per heavy atom. The predicted molar refractivity (Wildman–Crippen MR) is 90.1 cm³/mol. The first-order chi connectivity index (χ1) is 11.8. The Morgan fingerprint density at radius 1 is 1.08 bits per heavy atom. The number of halogens is 4. The lowest BCUT2D eigenvalue weighted by Crippen LogP contribution is -2.41. The van der Waals surface area contributed by atoms with Crippen molar-refractivity contribution in [2.24, 2.45) is 0 Å². The molecule has 1 nitrogen and oxygen atoms in total. The monoisotopic (exact) mass is 354 g/mol. The lowest BCUT2D eigenvalue weighted by molar-refractivity contribution is -0.140. The number of ether oxygens (including phenoxy) is 1. The lowest BCUT2D eigenvalue weighted by atomic mass is 9.87. The van der Waals surface area contributed by atoms with Gasteiger partial charge in [0.25, 0.3) is 0 Å². The molecule has 2 atom stereocenters. The SMILES string of the molecule is CCCC1CCC(c2ccc(C3=CC=CC(F)(F)C3(F)F)cc2)CO1. The van der Waals surface area contributed by atoms with Crippen LogP contribution in [0.25, 0.3) is 5.57 Å². The number of rotatable bonds is 4. The van der Waals surface area contributed by atoms with Crippen molar-refractivity contribution in [1.29, 1.82) is 0 Å². The summed E-state index contributed by atoms with van der Waals surface area (Å²) < 4.78 is 60.9. The topological polar surface area (TPSA) is 9.23 Å².